The summed E-state index contributed by atoms with van der Waals surface area (Å²) in [4.78, 5) is 13.8. The van der Waals surface area contributed by atoms with Crippen LogP contribution in [-0.4, -0.2) is 36.5 Å². The number of piperidine rings is 1. The van der Waals surface area contributed by atoms with Crippen LogP contribution < -0.4 is 10.6 Å². The highest BCUT2D eigenvalue weighted by atomic mass is 15.1. The zero-order valence-corrected chi connectivity index (χ0v) is 21.5. The fourth-order valence-electron chi connectivity index (χ4n) is 5.75. The molecule has 0 atom stereocenters. The largest absolute Gasteiger partial charge is 0.381 e. The molecule has 0 radical (unpaired) electrons. The minimum absolute atomic E-state index is 0.112. The van der Waals surface area contributed by atoms with Crippen molar-refractivity contribution in [2.24, 2.45) is 0 Å². The van der Waals surface area contributed by atoms with Crippen LogP contribution in [0.5, 0.6) is 0 Å². The zero-order valence-electron chi connectivity index (χ0n) is 21.5. The Morgan fingerprint density at radius 3 is 2.46 bits per heavy atom. The summed E-state index contributed by atoms with van der Waals surface area (Å²) >= 11 is 0. The number of aryl methyl sites for hydroxylation is 1. The fraction of sp³-hybridized carbons (Fsp3) is 0.414. The van der Waals surface area contributed by atoms with Gasteiger partial charge in [-0.2, -0.15) is 0 Å². The molecule has 35 heavy (non-hydrogen) atoms. The van der Waals surface area contributed by atoms with Crippen molar-refractivity contribution in [3.05, 3.63) is 66.9 Å². The molecule has 1 aromatic carbocycles. The van der Waals surface area contributed by atoms with Gasteiger partial charge in [-0.05, 0) is 70.7 Å². The lowest BCUT2D eigenvalue weighted by atomic mass is 9.79. The molecule has 0 bridgehead atoms. The average molecular weight is 469 g/mol. The van der Waals surface area contributed by atoms with Crippen LogP contribution in [0.4, 0.5) is 5.69 Å². The van der Waals surface area contributed by atoms with E-state index < -0.39 is 0 Å². The van der Waals surface area contributed by atoms with Gasteiger partial charge in [0.15, 0.2) is 5.65 Å². The first-order valence-corrected chi connectivity index (χ1v) is 12.7. The Labute approximate surface area is 208 Å². The van der Waals surface area contributed by atoms with Crippen LogP contribution in [0, 0.1) is 0 Å². The predicted octanol–water partition coefficient (Wildman–Crippen LogP) is 6.13. The third-order valence-electron chi connectivity index (χ3n) is 6.80. The van der Waals surface area contributed by atoms with Crippen LogP contribution in [0.15, 0.2) is 61.3 Å². The summed E-state index contributed by atoms with van der Waals surface area (Å²) in [5.74, 6) is 0. The van der Waals surface area contributed by atoms with Gasteiger partial charge >= 0.3 is 0 Å². The molecule has 0 amide bonds. The highest BCUT2D eigenvalue weighted by Crippen LogP contribution is 2.32. The van der Waals surface area contributed by atoms with Gasteiger partial charge < -0.3 is 15.0 Å². The van der Waals surface area contributed by atoms with Crippen LogP contribution >= 0.6 is 0 Å². The number of fused-ring (bicyclic) bond motifs is 1. The lowest BCUT2D eigenvalue weighted by Gasteiger charge is -2.46. The van der Waals surface area contributed by atoms with E-state index in [-0.39, 0.29) is 11.1 Å². The molecule has 2 N–H and O–H groups in total. The Morgan fingerprint density at radius 1 is 0.971 bits per heavy atom. The van der Waals surface area contributed by atoms with E-state index in [2.05, 4.69) is 85.6 Å². The molecule has 1 saturated heterocycles. The van der Waals surface area contributed by atoms with E-state index in [9.17, 15) is 0 Å². The number of imidazole rings is 1. The van der Waals surface area contributed by atoms with Crippen molar-refractivity contribution in [1.82, 2.24) is 24.7 Å². The summed E-state index contributed by atoms with van der Waals surface area (Å²) in [6.07, 6.45) is 13.8. The molecular weight excluding hydrogens is 432 g/mol. The second kappa shape index (κ2) is 9.08. The topological polar surface area (TPSA) is 67.1 Å². The highest BCUT2D eigenvalue weighted by Gasteiger charge is 2.37. The van der Waals surface area contributed by atoms with Crippen molar-refractivity contribution >= 4 is 11.3 Å². The van der Waals surface area contributed by atoms with E-state index >= 15 is 0 Å². The molecule has 1 aliphatic heterocycles. The molecule has 3 aromatic heterocycles. The maximum absolute atomic E-state index is 4.86. The number of benzene rings is 1. The molecule has 4 heterocycles. The number of nitrogens with zero attached hydrogens (tertiary/aromatic N) is 4. The first kappa shape index (κ1) is 23.5. The standard InChI is InChI=1S/C29H36N6/c1-6-7-20-14-21(26-19-35-13-12-30-27(35)18-32-26)8-10-24(20)25-11-9-22(17-31-25)33-23-15-28(2,3)34-29(4,5)16-23/h8-14,17-19,23,33-34H,6-7,15-16H2,1-5H3. The lowest BCUT2D eigenvalue weighted by Crippen LogP contribution is -2.60. The Kier molecular flexibility index (Phi) is 6.09. The number of anilines is 1. The minimum Gasteiger partial charge on any atom is -0.381 e. The molecule has 5 rings (SSSR count). The van der Waals surface area contributed by atoms with Crippen molar-refractivity contribution in [3.8, 4) is 22.5 Å². The molecule has 0 unspecified atom stereocenters. The van der Waals surface area contributed by atoms with Crippen molar-refractivity contribution in [3.63, 3.8) is 0 Å². The Bertz CT molecular complexity index is 1300. The summed E-state index contributed by atoms with van der Waals surface area (Å²) < 4.78 is 2.01. The van der Waals surface area contributed by atoms with Crippen LogP contribution in [-0.2, 0) is 6.42 Å². The van der Waals surface area contributed by atoms with E-state index in [1.165, 1.54) is 11.1 Å². The molecule has 0 saturated carbocycles. The summed E-state index contributed by atoms with van der Waals surface area (Å²) in [6, 6.07) is 11.3. The van der Waals surface area contributed by atoms with Crippen molar-refractivity contribution < 1.29 is 0 Å². The maximum atomic E-state index is 4.86. The minimum atomic E-state index is 0.112. The molecule has 1 aliphatic rings. The van der Waals surface area contributed by atoms with Crippen LogP contribution in [0.3, 0.4) is 0 Å². The van der Waals surface area contributed by atoms with Crippen molar-refractivity contribution in [1.29, 1.82) is 0 Å². The number of rotatable bonds is 6. The lowest BCUT2D eigenvalue weighted by molar-refractivity contribution is 0.170. The molecule has 0 spiro atoms. The third kappa shape index (κ3) is 5.22. The van der Waals surface area contributed by atoms with Gasteiger partial charge in [-0.3, -0.25) is 9.97 Å². The second-order valence-corrected chi connectivity index (χ2v) is 11.2. The van der Waals surface area contributed by atoms with Gasteiger partial charge in [-0.25, -0.2) is 4.98 Å². The summed E-state index contributed by atoms with van der Waals surface area (Å²) in [6.45, 7) is 11.4. The average Bonchev–Trinajstić information content (AvgIpc) is 3.26. The quantitative estimate of drug-likeness (QED) is 0.356. The number of aromatic nitrogens is 4. The number of nitrogens with one attached hydrogen (secondary N) is 2. The molecule has 4 aromatic rings. The van der Waals surface area contributed by atoms with E-state index in [1.54, 1.807) is 6.20 Å². The SMILES string of the molecule is CCCc1cc(-c2cn3ccnc3cn2)ccc1-c1ccc(NC2CC(C)(C)NC(C)(C)C2)cn1. The molecule has 182 valence electrons. The maximum Gasteiger partial charge on any atom is 0.155 e. The fourth-order valence-corrected chi connectivity index (χ4v) is 5.75. The Hall–Kier alpha value is -3.25. The monoisotopic (exact) mass is 468 g/mol. The first-order valence-electron chi connectivity index (χ1n) is 12.7. The number of hydrogen-bond acceptors (Lipinski definition) is 5. The molecule has 6 heteroatoms. The van der Waals surface area contributed by atoms with E-state index in [0.717, 1.165) is 54.0 Å². The second-order valence-electron chi connectivity index (χ2n) is 11.2. The van der Waals surface area contributed by atoms with Gasteiger partial charge in [-0.1, -0.05) is 25.5 Å². The van der Waals surface area contributed by atoms with Gasteiger partial charge in [0.2, 0.25) is 0 Å². The zero-order chi connectivity index (χ0) is 24.6. The summed E-state index contributed by atoms with van der Waals surface area (Å²) in [7, 11) is 0. The molecule has 0 aliphatic carbocycles. The van der Waals surface area contributed by atoms with E-state index in [0.29, 0.717) is 6.04 Å². The predicted molar refractivity (Wildman–Crippen MR) is 144 cm³/mol. The molecular formula is C29H36N6. The van der Waals surface area contributed by atoms with Crippen LogP contribution in [0.1, 0.15) is 59.4 Å². The van der Waals surface area contributed by atoms with E-state index in [4.69, 9.17) is 4.98 Å². The van der Waals surface area contributed by atoms with Crippen LogP contribution in [0.25, 0.3) is 28.2 Å². The Balaban J connectivity index is 1.38. The van der Waals surface area contributed by atoms with Gasteiger partial charge in [0, 0.05) is 46.8 Å². The summed E-state index contributed by atoms with van der Waals surface area (Å²) in [5, 5.41) is 7.49. The summed E-state index contributed by atoms with van der Waals surface area (Å²) in [5.41, 5.74) is 7.72. The third-order valence-corrected chi connectivity index (χ3v) is 6.80. The normalized spacial score (nSPS) is 17.5. The first-order chi connectivity index (χ1) is 16.7. The van der Waals surface area contributed by atoms with Crippen LogP contribution in [0.2, 0.25) is 0 Å². The molecule has 1 fully saturated rings. The van der Waals surface area contributed by atoms with Crippen molar-refractivity contribution in [2.75, 3.05) is 5.32 Å². The number of hydrogen-bond donors (Lipinski definition) is 2. The highest BCUT2D eigenvalue weighted by molar-refractivity contribution is 5.71. The van der Waals surface area contributed by atoms with Gasteiger partial charge in [0.05, 0.1) is 29.5 Å². The smallest absolute Gasteiger partial charge is 0.155 e. The van der Waals surface area contributed by atoms with E-state index in [1.807, 2.05) is 29.2 Å². The molecule has 6 nitrogen and oxygen atoms in total. The number of pyridine rings is 1. The van der Waals surface area contributed by atoms with Gasteiger partial charge in [0.25, 0.3) is 0 Å². The Morgan fingerprint density at radius 2 is 1.74 bits per heavy atom. The van der Waals surface area contributed by atoms with Crippen molar-refractivity contribution in [2.45, 2.75) is 77.4 Å². The van der Waals surface area contributed by atoms with Gasteiger partial charge in [-0.15, -0.1) is 0 Å². The van der Waals surface area contributed by atoms with Gasteiger partial charge in [0.1, 0.15) is 0 Å².